The van der Waals surface area contributed by atoms with E-state index in [4.69, 9.17) is 5.11 Å². The second-order valence-corrected chi connectivity index (χ2v) is 5.34. The molecule has 2 aliphatic heterocycles. The highest BCUT2D eigenvalue weighted by molar-refractivity contribution is 5.69. The normalized spacial score (nSPS) is 22.2. The predicted octanol–water partition coefficient (Wildman–Crippen LogP) is 0.606. The van der Waals surface area contributed by atoms with Crippen molar-refractivity contribution in [1.82, 2.24) is 14.9 Å². The van der Waals surface area contributed by atoms with Crippen molar-refractivity contribution in [2.45, 2.75) is 24.8 Å². The summed E-state index contributed by atoms with van der Waals surface area (Å²) in [4.78, 5) is 23.7. The third-order valence-corrected chi connectivity index (χ3v) is 4.31. The Bertz CT molecular complexity index is 457. The lowest BCUT2D eigenvalue weighted by Crippen LogP contribution is -2.65. The molecule has 1 N–H and O–H groups in total. The first-order valence-electron chi connectivity index (χ1n) is 6.68. The third-order valence-electron chi connectivity index (χ3n) is 4.31. The van der Waals surface area contributed by atoms with Gasteiger partial charge in [0.05, 0.1) is 6.54 Å². The van der Waals surface area contributed by atoms with Crippen LogP contribution in [0.5, 0.6) is 0 Å². The van der Waals surface area contributed by atoms with Crippen molar-refractivity contribution in [3.05, 3.63) is 18.5 Å². The molecule has 2 saturated heterocycles. The van der Waals surface area contributed by atoms with Crippen molar-refractivity contribution < 1.29 is 9.90 Å². The van der Waals surface area contributed by atoms with Gasteiger partial charge in [0.25, 0.3) is 0 Å². The van der Waals surface area contributed by atoms with Gasteiger partial charge in [0.15, 0.2) is 0 Å². The lowest BCUT2D eigenvalue weighted by atomic mass is 9.76. The van der Waals surface area contributed by atoms with E-state index in [1.165, 1.54) is 0 Å². The zero-order valence-corrected chi connectivity index (χ0v) is 10.8. The van der Waals surface area contributed by atoms with Gasteiger partial charge in [-0.25, -0.2) is 9.97 Å². The quantitative estimate of drug-likeness (QED) is 0.860. The molecule has 1 spiro atoms. The summed E-state index contributed by atoms with van der Waals surface area (Å²) in [6, 6.07) is 1.82. The summed E-state index contributed by atoms with van der Waals surface area (Å²) in [6.45, 7) is 2.84. The van der Waals surface area contributed by atoms with Crippen LogP contribution in [0.1, 0.15) is 19.3 Å². The highest BCUT2D eigenvalue weighted by Gasteiger charge is 2.47. The van der Waals surface area contributed by atoms with Crippen LogP contribution in [-0.4, -0.2) is 57.7 Å². The molecule has 0 amide bonds. The molecular weight excluding hydrogens is 244 g/mol. The molecule has 0 bridgehead atoms. The van der Waals surface area contributed by atoms with E-state index in [9.17, 15) is 4.79 Å². The fourth-order valence-corrected chi connectivity index (χ4v) is 3.12. The molecule has 102 valence electrons. The van der Waals surface area contributed by atoms with Crippen LogP contribution >= 0.6 is 0 Å². The Balaban J connectivity index is 1.65. The molecule has 2 fully saturated rings. The van der Waals surface area contributed by atoms with Crippen LogP contribution in [0.2, 0.25) is 0 Å². The van der Waals surface area contributed by atoms with E-state index >= 15 is 0 Å². The van der Waals surface area contributed by atoms with Crippen molar-refractivity contribution in [3.63, 3.8) is 0 Å². The van der Waals surface area contributed by atoms with Gasteiger partial charge in [0.1, 0.15) is 0 Å². The summed E-state index contributed by atoms with van der Waals surface area (Å²) < 4.78 is 0. The van der Waals surface area contributed by atoms with Crippen LogP contribution in [0, 0.1) is 0 Å². The molecule has 1 aromatic heterocycles. The van der Waals surface area contributed by atoms with Gasteiger partial charge in [0.2, 0.25) is 5.95 Å². The van der Waals surface area contributed by atoms with Crippen LogP contribution in [0.4, 0.5) is 5.95 Å². The van der Waals surface area contributed by atoms with E-state index < -0.39 is 5.97 Å². The first kappa shape index (κ1) is 12.3. The molecule has 1 aromatic rings. The zero-order valence-electron chi connectivity index (χ0n) is 10.8. The van der Waals surface area contributed by atoms with Crippen LogP contribution in [0.3, 0.4) is 0 Å². The summed E-state index contributed by atoms with van der Waals surface area (Å²) in [6.07, 6.45) is 6.70. The number of carbonyl (C=O) groups is 1. The predicted molar refractivity (Wildman–Crippen MR) is 70.0 cm³/mol. The molecule has 0 unspecified atom stereocenters. The number of carboxylic acid groups (broad SMARTS) is 1. The summed E-state index contributed by atoms with van der Waals surface area (Å²) in [7, 11) is 0. The van der Waals surface area contributed by atoms with Gasteiger partial charge in [-0.3, -0.25) is 9.69 Å². The maximum absolute atomic E-state index is 10.7. The second-order valence-electron chi connectivity index (χ2n) is 5.34. The van der Waals surface area contributed by atoms with Gasteiger partial charge in [-0.1, -0.05) is 0 Å². The van der Waals surface area contributed by atoms with E-state index in [1.54, 1.807) is 12.4 Å². The van der Waals surface area contributed by atoms with E-state index in [0.29, 0.717) is 0 Å². The Morgan fingerprint density at radius 2 is 1.84 bits per heavy atom. The molecule has 0 aromatic carbocycles. The number of aromatic nitrogens is 2. The van der Waals surface area contributed by atoms with E-state index in [1.807, 2.05) is 11.0 Å². The van der Waals surface area contributed by atoms with Crippen LogP contribution in [-0.2, 0) is 4.79 Å². The number of hydrogen-bond acceptors (Lipinski definition) is 5. The van der Waals surface area contributed by atoms with E-state index in [-0.39, 0.29) is 12.1 Å². The van der Waals surface area contributed by atoms with Gasteiger partial charge < -0.3 is 10.0 Å². The Hall–Kier alpha value is -1.69. The molecular formula is C13H18N4O2. The maximum Gasteiger partial charge on any atom is 0.317 e. The van der Waals surface area contributed by atoms with Crippen molar-refractivity contribution >= 4 is 11.9 Å². The lowest BCUT2D eigenvalue weighted by molar-refractivity contribution is -0.138. The van der Waals surface area contributed by atoms with Crippen LogP contribution in [0.15, 0.2) is 18.5 Å². The highest BCUT2D eigenvalue weighted by Crippen LogP contribution is 2.41. The fraction of sp³-hybridized carbons (Fsp3) is 0.615. The first-order chi connectivity index (χ1) is 9.20. The number of likely N-dealkylation sites (tertiary alicyclic amines) is 1. The largest absolute Gasteiger partial charge is 0.480 e. The Kier molecular flexibility index (Phi) is 3.10. The zero-order chi connectivity index (χ0) is 13.3. The highest BCUT2D eigenvalue weighted by atomic mass is 16.4. The number of nitrogens with zero attached hydrogens (tertiary/aromatic N) is 4. The Morgan fingerprint density at radius 1 is 1.21 bits per heavy atom. The minimum atomic E-state index is -0.743. The number of aliphatic carboxylic acids is 1. The number of piperidine rings is 1. The molecule has 3 rings (SSSR count). The molecule has 3 heterocycles. The van der Waals surface area contributed by atoms with Gasteiger partial charge in [-0.15, -0.1) is 0 Å². The van der Waals surface area contributed by atoms with Crippen molar-refractivity contribution in [2.24, 2.45) is 0 Å². The van der Waals surface area contributed by atoms with Crippen molar-refractivity contribution in [2.75, 3.05) is 31.1 Å². The smallest absolute Gasteiger partial charge is 0.317 e. The molecule has 6 nitrogen and oxygen atoms in total. The van der Waals surface area contributed by atoms with E-state index in [0.717, 1.165) is 44.8 Å². The average Bonchev–Trinajstić information content (AvgIpc) is 2.39. The maximum atomic E-state index is 10.7. The van der Waals surface area contributed by atoms with Crippen LogP contribution in [0.25, 0.3) is 0 Å². The van der Waals surface area contributed by atoms with Crippen molar-refractivity contribution in [3.8, 4) is 0 Å². The van der Waals surface area contributed by atoms with Crippen molar-refractivity contribution in [1.29, 1.82) is 0 Å². The number of carboxylic acids is 1. The molecule has 19 heavy (non-hydrogen) atoms. The molecule has 2 aliphatic rings. The molecule has 0 radical (unpaired) electrons. The molecule has 6 heteroatoms. The van der Waals surface area contributed by atoms with Gasteiger partial charge in [-0.05, 0) is 25.3 Å². The third kappa shape index (κ3) is 2.28. The average molecular weight is 262 g/mol. The fourth-order valence-electron chi connectivity index (χ4n) is 3.12. The molecule has 0 atom stereocenters. The topological polar surface area (TPSA) is 69.6 Å². The summed E-state index contributed by atoms with van der Waals surface area (Å²) in [5.41, 5.74) is 0.163. The minimum Gasteiger partial charge on any atom is -0.480 e. The monoisotopic (exact) mass is 262 g/mol. The number of hydrogen-bond donors (Lipinski definition) is 1. The van der Waals surface area contributed by atoms with Crippen LogP contribution < -0.4 is 4.90 Å². The SMILES string of the molecule is O=C(O)CN1CCC2(CC1)CCN2c1ncccn1. The lowest BCUT2D eigenvalue weighted by Gasteiger charge is -2.56. The number of rotatable bonds is 3. The second kappa shape index (κ2) is 4.77. The van der Waals surface area contributed by atoms with E-state index in [2.05, 4.69) is 14.9 Å². The number of anilines is 1. The first-order valence-corrected chi connectivity index (χ1v) is 6.68. The Labute approximate surface area is 112 Å². The molecule has 0 aliphatic carbocycles. The van der Waals surface area contributed by atoms with Gasteiger partial charge >= 0.3 is 5.97 Å². The summed E-state index contributed by atoms with van der Waals surface area (Å²) in [5, 5.41) is 8.82. The summed E-state index contributed by atoms with van der Waals surface area (Å²) in [5.74, 6) is 0.0632. The molecule has 0 saturated carbocycles. The standard InChI is InChI=1S/C13H18N4O2/c18-11(19)10-16-7-2-13(3-8-16)4-9-17(13)12-14-5-1-6-15-12/h1,5-6H,2-4,7-10H2,(H,18,19). The van der Waals surface area contributed by atoms with Gasteiger partial charge in [-0.2, -0.15) is 0 Å². The van der Waals surface area contributed by atoms with Gasteiger partial charge in [0, 0.05) is 37.6 Å². The minimum absolute atomic E-state index is 0.151. The Morgan fingerprint density at radius 3 is 2.37 bits per heavy atom. The summed E-state index contributed by atoms with van der Waals surface area (Å²) >= 11 is 0.